The SMILES string of the molecule is CCc1nc(C)oc1C(=O)N=c1sc2cc(C(N)=O)cc(OC)c2n1C/C=C/CN. The van der Waals surface area contributed by atoms with E-state index in [1.165, 1.54) is 18.4 Å². The van der Waals surface area contributed by atoms with E-state index < -0.39 is 11.8 Å². The molecule has 0 fully saturated rings. The van der Waals surface area contributed by atoms with Crippen molar-refractivity contribution in [2.75, 3.05) is 13.7 Å². The number of benzene rings is 1. The molecule has 2 amide bonds. The lowest BCUT2D eigenvalue weighted by Gasteiger charge is -2.08. The van der Waals surface area contributed by atoms with Crippen LogP contribution < -0.4 is 21.0 Å². The minimum absolute atomic E-state index is 0.126. The van der Waals surface area contributed by atoms with Crippen LogP contribution in [0.4, 0.5) is 0 Å². The van der Waals surface area contributed by atoms with Crippen molar-refractivity contribution in [2.45, 2.75) is 26.8 Å². The summed E-state index contributed by atoms with van der Waals surface area (Å²) in [4.78, 5) is 33.5. The van der Waals surface area contributed by atoms with Crippen LogP contribution in [-0.4, -0.2) is 35.0 Å². The first kappa shape index (κ1) is 21.5. The minimum atomic E-state index is -0.572. The molecule has 158 valence electrons. The van der Waals surface area contributed by atoms with Crippen molar-refractivity contribution in [3.8, 4) is 5.75 Å². The van der Waals surface area contributed by atoms with Crippen LogP contribution in [0, 0.1) is 6.92 Å². The Morgan fingerprint density at radius 2 is 2.13 bits per heavy atom. The van der Waals surface area contributed by atoms with E-state index in [1.807, 2.05) is 17.6 Å². The normalized spacial score (nSPS) is 12.2. The number of fused-ring (bicyclic) bond motifs is 1. The van der Waals surface area contributed by atoms with Crippen molar-refractivity contribution in [2.24, 2.45) is 16.5 Å². The quantitative estimate of drug-likeness (QED) is 0.550. The Labute approximate surface area is 176 Å². The molecule has 0 unspecified atom stereocenters. The maximum Gasteiger partial charge on any atom is 0.317 e. The predicted octanol–water partition coefficient (Wildman–Crippen LogP) is 1.93. The molecular formula is C20H23N5O4S. The molecule has 1 aromatic carbocycles. The molecule has 3 rings (SSSR count). The molecule has 0 saturated carbocycles. The Hall–Kier alpha value is -3.24. The molecule has 0 aliphatic heterocycles. The maximum atomic E-state index is 12.8. The van der Waals surface area contributed by atoms with Gasteiger partial charge in [0, 0.05) is 25.6 Å². The lowest BCUT2D eigenvalue weighted by atomic mass is 10.2. The number of nitrogens with two attached hydrogens (primary N) is 2. The van der Waals surface area contributed by atoms with Crippen molar-refractivity contribution in [3.05, 3.63) is 52.0 Å². The Kier molecular flexibility index (Phi) is 6.48. The lowest BCUT2D eigenvalue weighted by Crippen LogP contribution is -2.17. The first-order valence-electron chi connectivity index (χ1n) is 9.31. The largest absolute Gasteiger partial charge is 0.494 e. The number of hydrogen-bond acceptors (Lipinski definition) is 7. The van der Waals surface area contributed by atoms with Crippen molar-refractivity contribution in [3.63, 3.8) is 0 Å². The van der Waals surface area contributed by atoms with E-state index >= 15 is 0 Å². The molecule has 30 heavy (non-hydrogen) atoms. The second-order valence-electron chi connectivity index (χ2n) is 6.37. The highest BCUT2D eigenvalue weighted by Gasteiger charge is 2.19. The average molecular weight is 430 g/mol. The number of amides is 2. The number of thiazole rings is 1. The number of allylic oxidation sites excluding steroid dienone is 1. The Morgan fingerprint density at radius 3 is 2.77 bits per heavy atom. The fraction of sp³-hybridized carbons (Fsp3) is 0.300. The summed E-state index contributed by atoms with van der Waals surface area (Å²) in [7, 11) is 1.50. The van der Waals surface area contributed by atoms with Gasteiger partial charge in [-0.2, -0.15) is 4.99 Å². The number of nitrogens with zero attached hydrogens (tertiary/aromatic N) is 3. The Balaban J connectivity index is 2.24. The molecule has 0 aliphatic rings. The highest BCUT2D eigenvalue weighted by Crippen LogP contribution is 2.29. The van der Waals surface area contributed by atoms with Gasteiger partial charge < -0.3 is 25.2 Å². The van der Waals surface area contributed by atoms with Gasteiger partial charge in [0.15, 0.2) is 10.7 Å². The molecule has 0 spiro atoms. The van der Waals surface area contributed by atoms with Crippen LogP contribution in [0.15, 0.2) is 33.7 Å². The first-order chi connectivity index (χ1) is 14.4. The molecule has 0 radical (unpaired) electrons. The number of rotatable bonds is 7. The van der Waals surface area contributed by atoms with E-state index in [0.717, 1.165) is 0 Å². The van der Waals surface area contributed by atoms with E-state index in [4.69, 9.17) is 20.6 Å². The number of ether oxygens (including phenoxy) is 1. The average Bonchev–Trinajstić information content (AvgIpc) is 3.27. The smallest absolute Gasteiger partial charge is 0.317 e. The van der Waals surface area contributed by atoms with Gasteiger partial charge >= 0.3 is 5.91 Å². The molecule has 2 aromatic heterocycles. The Morgan fingerprint density at radius 1 is 1.37 bits per heavy atom. The third-order valence-electron chi connectivity index (χ3n) is 4.37. The highest BCUT2D eigenvalue weighted by atomic mass is 32.1. The highest BCUT2D eigenvalue weighted by molar-refractivity contribution is 7.16. The summed E-state index contributed by atoms with van der Waals surface area (Å²) in [6, 6.07) is 3.23. The molecule has 0 saturated heterocycles. The van der Waals surface area contributed by atoms with E-state index in [-0.39, 0.29) is 5.76 Å². The van der Waals surface area contributed by atoms with Crippen LogP contribution in [-0.2, 0) is 13.0 Å². The number of carbonyl (C=O) groups excluding carboxylic acids is 2. The van der Waals surface area contributed by atoms with Crippen LogP contribution in [0.3, 0.4) is 0 Å². The van der Waals surface area contributed by atoms with E-state index in [9.17, 15) is 9.59 Å². The van der Waals surface area contributed by atoms with Crippen molar-refractivity contribution in [1.29, 1.82) is 0 Å². The third-order valence-corrected chi connectivity index (χ3v) is 5.39. The molecule has 9 nitrogen and oxygen atoms in total. The van der Waals surface area contributed by atoms with E-state index in [1.54, 1.807) is 25.1 Å². The number of carbonyl (C=O) groups is 2. The number of primary amides is 1. The van der Waals surface area contributed by atoms with Crippen LogP contribution in [0.25, 0.3) is 10.2 Å². The summed E-state index contributed by atoms with van der Waals surface area (Å²) in [5.74, 6) is -0.103. The van der Waals surface area contributed by atoms with E-state index in [0.29, 0.717) is 57.4 Å². The monoisotopic (exact) mass is 429 g/mol. The third kappa shape index (κ3) is 4.19. The minimum Gasteiger partial charge on any atom is -0.494 e. The molecule has 3 aromatic rings. The standard InChI is InChI=1S/C20H23N5O4S/c1-4-13-17(29-11(2)23-13)19(27)24-20-25(8-6-5-7-21)16-14(28-3)9-12(18(22)26)10-15(16)30-20/h5-6,9-10H,4,7-8,21H2,1-3H3,(H2,22,26)/b6-5+,24-20?. The number of aromatic nitrogens is 2. The summed E-state index contributed by atoms with van der Waals surface area (Å²) in [6.45, 7) is 4.37. The molecular weight excluding hydrogens is 406 g/mol. The van der Waals surface area contributed by atoms with Gasteiger partial charge in [0.05, 0.1) is 17.5 Å². The summed E-state index contributed by atoms with van der Waals surface area (Å²) >= 11 is 1.25. The van der Waals surface area contributed by atoms with Gasteiger partial charge in [-0.1, -0.05) is 30.4 Å². The van der Waals surface area contributed by atoms with Crippen molar-refractivity contribution in [1.82, 2.24) is 9.55 Å². The first-order valence-corrected chi connectivity index (χ1v) is 10.1. The molecule has 0 aliphatic carbocycles. The summed E-state index contributed by atoms with van der Waals surface area (Å²) in [5.41, 5.74) is 12.6. The number of oxazole rings is 1. The van der Waals surface area contributed by atoms with Crippen LogP contribution >= 0.6 is 11.3 Å². The molecule has 2 heterocycles. The molecule has 4 N–H and O–H groups in total. The zero-order valence-corrected chi connectivity index (χ0v) is 17.8. The zero-order valence-electron chi connectivity index (χ0n) is 17.0. The van der Waals surface area contributed by atoms with Crippen LogP contribution in [0.5, 0.6) is 5.75 Å². The topological polar surface area (TPSA) is 139 Å². The van der Waals surface area contributed by atoms with Gasteiger partial charge in [0.2, 0.25) is 11.7 Å². The van der Waals surface area contributed by atoms with Gasteiger partial charge in [-0.05, 0) is 18.6 Å². The second kappa shape index (κ2) is 9.06. The van der Waals surface area contributed by atoms with E-state index in [2.05, 4.69) is 9.98 Å². The van der Waals surface area contributed by atoms with Crippen molar-refractivity contribution >= 4 is 33.4 Å². The van der Waals surface area contributed by atoms with Gasteiger partial charge in [-0.15, -0.1) is 0 Å². The molecule has 0 atom stereocenters. The Bertz CT molecular complexity index is 1200. The summed E-state index contributed by atoms with van der Waals surface area (Å²) < 4.78 is 13.5. The maximum absolute atomic E-state index is 12.8. The number of hydrogen-bond donors (Lipinski definition) is 2. The van der Waals surface area contributed by atoms with Crippen LogP contribution in [0.2, 0.25) is 0 Å². The predicted molar refractivity (Wildman–Crippen MR) is 114 cm³/mol. The molecule has 0 bridgehead atoms. The zero-order chi connectivity index (χ0) is 21.8. The molecule has 10 heteroatoms. The van der Waals surface area contributed by atoms with Gasteiger partial charge in [0.1, 0.15) is 11.3 Å². The summed E-state index contributed by atoms with van der Waals surface area (Å²) in [5, 5.41) is 0. The summed E-state index contributed by atoms with van der Waals surface area (Å²) in [6.07, 6.45) is 4.23. The van der Waals surface area contributed by atoms with Crippen LogP contribution in [0.1, 0.15) is 39.4 Å². The van der Waals surface area contributed by atoms with Gasteiger partial charge in [0.25, 0.3) is 0 Å². The van der Waals surface area contributed by atoms with Gasteiger partial charge in [-0.25, -0.2) is 4.98 Å². The van der Waals surface area contributed by atoms with Crippen molar-refractivity contribution < 1.29 is 18.7 Å². The number of methoxy groups -OCH3 is 1. The fourth-order valence-electron chi connectivity index (χ4n) is 3.02. The fourth-order valence-corrected chi connectivity index (χ4v) is 4.11. The lowest BCUT2D eigenvalue weighted by molar-refractivity contribution is 0.0967. The number of aryl methyl sites for hydroxylation is 2. The second-order valence-corrected chi connectivity index (χ2v) is 7.38. The van der Waals surface area contributed by atoms with Gasteiger partial charge in [-0.3, -0.25) is 9.59 Å².